The molecule has 5 nitrogen and oxygen atoms in total. The minimum Gasteiger partial charge on any atom is -0.376 e. The number of carbonyl (C=O) groups excluding carboxylic acids is 1. The summed E-state index contributed by atoms with van der Waals surface area (Å²) in [5, 5.41) is 3.42. The van der Waals surface area contributed by atoms with Crippen molar-refractivity contribution in [1.82, 2.24) is 9.97 Å². The number of nitrogens with zero attached hydrogens (tertiary/aromatic N) is 2. The molecule has 116 valence electrons. The van der Waals surface area contributed by atoms with Crippen molar-refractivity contribution in [2.45, 2.75) is 19.9 Å². The molecule has 0 aliphatic carbocycles. The Kier molecular flexibility index (Phi) is 3.26. The predicted octanol–water partition coefficient (Wildman–Crippen LogP) is 3.08. The van der Waals surface area contributed by atoms with Crippen LogP contribution in [0.25, 0.3) is 11.0 Å². The van der Waals surface area contributed by atoms with Crippen LogP contribution in [0.4, 0.5) is 11.4 Å². The molecule has 2 heterocycles. The van der Waals surface area contributed by atoms with Crippen molar-refractivity contribution in [3.8, 4) is 0 Å². The Hall–Kier alpha value is -2.82. The molecule has 0 spiro atoms. The van der Waals surface area contributed by atoms with Gasteiger partial charge in [0.25, 0.3) is 0 Å². The number of anilines is 2. The SMILES string of the molecule is CC(=O)N1CCc2cccc(NCc3nc4ccccc4[nH]3)c21. The number of benzene rings is 2. The molecule has 3 aromatic rings. The maximum absolute atomic E-state index is 11.8. The number of amides is 1. The Morgan fingerprint density at radius 1 is 1.26 bits per heavy atom. The number of rotatable bonds is 3. The smallest absolute Gasteiger partial charge is 0.223 e. The van der Waals surface area contributed by atoms with Crippen molar-refractivity contribution in [2.24, 2.45) is 0 Å². The second-order valence-corrected chi connectivity index (χ2v) is 5.79. The number of carbonyl (C=O) groups is 1. The molecular formula is C18H18N4O. The van der Waals surface area contributed by atoms with Crippen LogP contribution in [0.2, 0.25) is 0 Å². The fourth-order valence-corrected chi connectivity index (χ4v) is 3.18. The number of nitrogens with one attached hydrogen (secondary N) is 2. The third kappa shape index (κ3) is 2.44. The zero-order chi connectivity index (χ0) is 15.8. The van der Waals surface area contributed by atoms with Crippen molar-refractivity contribution in [1.29, 1.82) is 0 Å². The number of hydrogen-bond donors (Lipinski definition) is 2. The van der Waals surface area contributed by atoms with Gasteiger partial charge < -0.3 is 15.2 Å². The van der Waals surface area contributed by atoms with Gasteiger partial charge in [-0.1, -0.05) is 24.3 Å². The van der Waals surface area contributed by atoms with Gasteiger partial charge in [0.1, 0.15) is 5.82 Å². The van der Waals surface area contributed by atoms with Gasteiger partial charge in [0.2, 0.25) is 5.91 Å². The minimum atomic E-state index is 0.0849. The first-order chi connectivity index (χ1) is 11.2. The summed E-state index contributed by atoms with van der Waals surface area (Å²) in [7, 11) is 0. The van der Waals surface area contributed by atoms with E-state index in [0.717, 1.165) is 41.2 Å². The first-order valence-corrected chi connectivity index (χ1v) is 7.80. The summed E-state index contributed by atoms with van der Waals surface area (Å²) in [5.41, 5.74) is 5.21. The first kappa shape index (κ1) is 13.8. The zero-order valence-electron chi connectivity index (χ0n) is 13.0. The standard InChI is InChI=1S/C18H18N4O/c1-12(23)22-10-9-13-5-4-8-16(18(13)22)19-11-17-20-14-6-2-3-7-15(14)21-17/h2-8,19H,9-11H2,1H3,(H,20,21). The van der Waals surface area contributed by atoms with E-state index in [0.29, 0.717) is 6.54 Å². The molecule has 1 aromatic heterocycles. The van der Waals surface area contributed by atoms with Gasteiger partial charge in [0.05, 0.1) is 29.0 Å². The zero-order valence-corrected chi connectivity index (χ0v) is 13.0. The molecule has 1 aliphatic rings. The van der Waals surface area contributed by atoms with E-state index >= 15 is 0 Å². The summed E-state index contributed by atoms with van der Waals surface area (Å²) in [6.45, 7) is 2.97. The summed E-state index contributed by atoms with van der Waals surface area (Å²) in [6, 6.07) is 14.1. The molecule has 5 heteroatoms. The van der Waals surface area contributed by atoms with E-state index in [4.69, 9.17) is 0 Å². The Bertz CT molecular complexity index is 851. The molecule has 0 atom stereocenters. The molecule has 0 fully saturated rings. The molecular weight excluding hydrogens is 288 g/mol. The van der Waals surface area contributed by atoms with Gasteiger partial charge in [-0.3, -0.25) is 4.79 Å². The fourth-order valence-electron chi connectivity index (χ4n) is 3.18. The van der Waals surface area contributed by atoms with Crippen LogP contribution in [-0.4, -0.2) is 22.4 Å². The second-order valence-electron chi connectivity index (χ2n) is 5.79. The number of aromatic nitrogens is 2. The average molecular weight is 306 g/mol. The highest BCUT2D eigenvalue weighted by Gasteiger charge is 2.24. The largest absolute Gasteiger partial charge is 0.376 e. The topological polar surface area (TPSA) is 61.0 Å². The van der Waals surface area contributed by atoms with Crippen molar-refractivity contribution < 1.29 is 4.79 Å². The van der Waals surface area contributed by atoms with E-state index in [2.05, 4.69) is 21.4 Å². The lowest BCUT2D eigenvalue weighted by Gasteiger charge is -2.19. The Morgan fingerprint density at radius 2 is 2.13 bits per heavy atom. The number of fused-ring (bicyclic) bond motifs is 2. The van der Waals surface area contributed by atoms with Crippen LogP contribution in [0.1, 0.15) is 18.3 Å². The average Bonchev–Trinajstić information content (AvgIpc) is 3.16. The van der Waals surface area contributed by atoms with Crippen LogP contribution in [-0.2, 0) is 17.8 Å². The summed E-state index contributed by atoms with van der Waals surface area (Å²) >= 11 is 0. The van der Waals surface area contributed by atoms with Crippen LogP contribution in [0.15, 0.2) is 42.5 Å². The molecule has 0 bridgehead atoms. The summed E-state index contributed by atoms with van der Waals surface area (Å²) in [6.07, 6.45) is 0.912. The molecule has 0 saturated heterocycles. The van der Waals surface area contributed by atoms with Gasteiger partial charge in [-0.25, -0.2) is 4.98 Å². The van der Waals surface area contributed by atoms with Crippen LogP contribution in [0, 0.1) is 0 Å². The molecule has 2 aromatic carbocycles. The number of aromatic amines is 1. The molecule has 1 aliphatic heterocycles. The number of hydrogen-bond acceptors (Lipinski definition) is 3. The minimum absolute atomic E-state index is 0.0849. The Labute approximate surface area is 134 Å². The molecule has 2 N–H and O–H groups in total. The van der Waals surface area contributed by atoms with Crippen molar-refractivity contribution in [3.63, 3.8) is 0 Å². The van der Waals surface area contributed by atoms with Crippen molar-refractivity contribution in [3.05, 3.63) is 53.9 Å². The maximum Gasteiger partial charge on any atom is 0.223 e. The Balaban J connectivity index is 1.60. The lowest BCUT2D eigenvalue weighted by Crippen LogP contribution is -2.26. The maximum atomic E-state index is 11.8. The predicted molar refractivity (Wildman–Crippen MR) is 91.6 cm³/mol. The van der Waals surface area contributed by atoms with E-state index in [9.17, 15) is 4.79 Å². The number of para-hydroxylation sites is 3. The quantitative estimate of drug-likeness (QED) is 0.781. The monoisotopic (exact) mass is 306 g/mol. The third-order valence-corrected chi connectivity index (χ3v) is 4.26. The van der Waals surface area contributed by atoms with Crippen LogP contribution in [0.3, 0.4) is 0 Å². The van der Waals surface area contributed by atoms with Crippen molar-refractivity contribution in [2.75, 3.05) is 16.8 Å². The normalized spacial score (nSPS) is 13.3. The molecule has 0 unspecified atom stereocenters. The summed E-state index contributed by atoms with van der Waals surface area (Å²) < 4.78 is 0. The van der Waals surface area contributed by atoms with Crippen LogP contribution in [0.5, 0.6) is 0 Å². The van der Waals surface area contributed by atoms with Gasteiger partial charge in [-0.15, -0.1) is 0 Å². The fraction of sp³-hybridized carbons (Fsp3) is 0.222. The molecule has 0 radical (unpaired) electrons. The van der Waals surface area contributed by atoms with Gasteiger partial charge >= 0.3 is 0 Å². The van der Waals surface area contributed by atoms with E-state index in [-0.39, 0.29) is 5.91 Å². The summed E-state index contributed by atoms with van der Waals surface area (Å²) in [4.78, 5) is 21.6. The number of H-pyrrole nitrogens is 1. The Morgan fingerprint density at radius 3 is 2.96 bits per heavy atom. The molecule has 1 amide bonds. The number of imidazole rings is 1. The van der Waals surface area contributed by atoms with Crippen molar-refractivity contribution >= 4 is 28.3 Å². The highest BCUT2D eigenvalue weighted by Crippen LogP contribution is 2.35. The van der Waals surface area contributed by atoms with Crippen LogP contribution < -0.4 is 10.2 Å². The van der Waals surface area contributed by atoms with Gasteiger partial charge in [0.15, 0.2) is 0 Å². The second kappa shape index (κ2) is 5.43. The van der Waals surface area contributed by atoms with Crippen LogP contribution >= 0.6 is 0 Å². The third-order valence-electron chi connectivity index (χ3n) is 4.26. The van der Waals surface area contributed by atoms with E-state index in [1.165, 1.54) is 5.56 Å². The first-order valence-electron chi connectivity index (χ1n) is 7.80. The van der Waals surface area contributed by atoms with E-state index in [1.807, 2.05) is 41.3 Å². The highest BCUT2D eigenvalue weighted by molar-refractivity contribution is 5.97. The van der Waals surface area contributed by atoms with E-state index in [1.54, 1.807) is 6.92 Å². The van der Waals surface area contributed by atoms with Gasteiger partial charge in [-0.05, 0) is 30.2 Å². The lowest BCUT2D eigenvalue weighted by atomic mass is 10.1. The molecule has 4 rings (SSSR count). The van der Waals surface area contributed by atoms with Gasteiger partial charge in [0, 0.05) is 13.5 Å². The molecule has 23 heavy (non-hydrogen) atoms. The highest BCUT2D eigenvalue weighted by atomic mass is 16.2. The lowest BCUT2D eigenvalue weighted by molar-refractivity contribution is -0.116. The summed E-state index contributed by atoms with van der Waals surface area (Å²) in [5.74, 6) is 0.970. The van der Waals surface area contributed by atoms with E-state index < -0.39 is 0 Å². The molecule has 0 saturated carbocycles. The van der Waals surface area contributed by atoms with Gasteiger partial charge in [-0.2, -0.15) is 0 Å².